The highest BCUT2D eigenvalue weighted by atomic mass is 19.4. The van der Waals surface area contributed by atoms with Gasteiger partial charge in [-0.15, -0.1) is 0 Å². The summed E-state index contributed by atoms with van der Waals surface area (Å²) in [6.07, 6.45) is -4.55. The van der Waals surface area contributed by atoms with Crippen LogP contribution in [0, 0.1) is 0 Å². The van der Waals surface area contributed by atoms with Gasteiger partial charge in [0.1, 0.15) is 5.52 Å². The van der Waals surface area contributed by atoms with E-state index in [1.165, 1.54) is 12.1 Å². The van der Waals surface area contributed by atoms with Crippen LogP contribution >= 0.6 is 0 Å². The van der Waals surface area contributed by atoms with Crippen molar-refractivity contribution in [3.8, 4) is 0 Å². The van der Waals surface area contributed by atoms with Crippen LogP contribution in [0.4, 0.5) is 13.2 Å². The Bertz CT molecular complexity index is 490. The van der Waals surface area contributed by atoms with Crippen molar-refractivity contribution in [3.05, 3.63) is 29.7 Å². The molecule has 0 bridgehead atoms. The largest absolute Gasteiger partial charge is 0.468 e. The van der Waals surface area contributed by atoms with Gasteiger partial charge in [0.15, 0.2) is 5.58 Å². The van der Waals surface area contributed by atoms with E-state index in [-0.39, 0.29) is 17.6 Å². The van der Waals surface area contributed by atoms with Gasteiger partial charge in [0.25, 0.3) is 0 Å². The van der Waals surface area contributed by atoms with Crippen molar-refractivity contribution in [1.29, 1.82) is 0 Å². The van der Waals surface area contributed by atoms with E-state index in [1.807, 2.05) is 0 Å². The van der Waals surface area contributed by atoms with Gasteiger partial charge in [-0.3, -0.25) is 0 Å². The Morgan fingerprint density at radius 1 is 1.33 bits per heavy atom. The maximum absolute atomic E-state index is 12.2. The zero-order chi connectivity index (χ0) is 11.1. The molecule has 1 heterocycles. The summed E-state index contributed by atoms with van der Waals surface area (Å²) in [5.41, 5.74) is 6.35. The summed E-state index contributed by atoms with van der Waals surface area (Å²) in [5, 5.41) is 0. The minimum absolute atomic E-state index is 0.111. The van der Waals surface area contributed by atoms with Gasteiger partial charge in [-0.05, 0) is 17.7 Å². The first-order valence-corrected chi connectivity index (χ1v) is 4.17. The first-order chi connectivity index (χ1) is 7.00. The average Bonchev–Trinajstić information content (AvgIpc) is 2.59. The number of benzene rings is 1. The number of aromatic nitrogens is 1. The van der Waals surface area contributed by atoms with E-state index < -0.39 is 12.1 Å². The van der Waals surface area contributed by atoms with Crippen molar-refractivity contribution in [2.24, 2.45) is 5.73 Å². The summed E-state index contributed by atoms with van der Waals surface area (Å²) in [4.78, 5) is 3.35. The third-order valence-corrected chi connectivity index (χ3v) is 1.93. The zero-order valence-electron chi connectivity index (χ0n) is 7.51. The number of nitrogens with zero attached hydrogens (tertiary/aromatic N) is 1. The molecule has 0 aliphatic rings. The fourth-order valence-electron chi connectivity index (χ4n) is 1.22. The van der Waals surface area contributed by atoms with Crippen LogP contribution in [0.25, 0.3) is 11.1 Å². The summed E-state index contributed by atoms with van der Waals surface area (Å²) in [6, 6.07) is 4.52. The van der Waals surface area contributed by atoms with Crippen LogP contribution in [0.15, 0.2) is 22.6 Å². The number of fused-ring (bicyclic) bond motifs is 1. The quantitative estimate of drug-likeness (QED) is 0.795. The van der Waals surface area contributed by atoms with E-state index in [4.69, 9.17) is 5.73 Å². The molecule has 0 fully saturated rings. The Hall–Kier alpha value is -1.56. The maximum atomic E-state index is 12.2. The lowest BCUT2D eigenvalue weighted by Crippen LogP contribution is -2.04. The van der Waals surface area contributed by atoms with Gasteiger partial charge in [0.2, 0.25) is 0 Å². The Morgan fingerprint density at radius 2 is 2.07 bits per heavy atom. The third-order valence-electron chi connectivity index (χ3n) is 1.93. The van der Waals surface area contributed by atoms with Crippen molar-refractivity contribution >= 4 is 11.1 Å². The fourth-order valence-corrected chi connectivity index (χ4v) is 1.22. The molecule has 0 saturated heterocycles. The topological polar surface area (TPSA) is 52.0 Å². The lowest BCUT2D eigenvalue weighted by Gasteiger charge is -1.96. The monoisotopic (exact) mass is 216 g/mol. The van der Waals surface area contributed by atoms with Gasteiger partial charge in [0.05, 0.1) is 0 Å². The number of nitrogens with two attached hydrogens (primary N) is 1. The molecule has 0 atom stereocenters. The van der Waals surface area contributed by atoms with E-state index in [0.29, 0.717) is 5.56 Å². The molecule has 0 amide bonds. The maximum Gasteiger partial charge on any atom is 0.468 e. The smallest absolute Gasteiger partial charge is 0.433 e. The number of hydrogen-bond donors (Lipinski definition) is 1. The highest BCUT2D eigenvalue weighted by Crippen LogP contribution is 2.31. The minimum atomic E-state index is -4.55. The van der Waals surface area contributed by atoms with Gasteiger partial charge in [-0.2, -0.15) is 13.2 Å². The Morgan fingerprint density at radius 3 is 2.67 bits per heavy atom. The number of rotatable bonds is 1. The molecule has 1 aromatic heterocycles. The molecule has 0 aliphatic heterocycles. The van der Waals surface area contributed by atoms with Crippen molar-refractivity contribution in [2.75, 3.05) is 0 Å². The van der Waals surface area contributed by atoms with Crippen LogP contribution in [0.5, 0.6) is 0 Å². The third kappa shape index (κ3) is 1.80. The van der Waals surface area contributed by atoms with E-state index in [2.05, 4.69) is 9.40 Å². The van der Waals surface area contributed by atoms with Crippen LogP contribution in [0.2, 0.25) is 0 Å². The molecule has 0 aliphatic carbocycles. The summed E-state index contributed by atoms with van der Waals surface area (Å²) in [7, 11) is 0. The molecule has 0 unspecified atom stereocenters. The van der Waals surface area contributed by atoms with E-state index in [1.54, 1.807) is 6.07 Å². The van der Waals surface area contributed by atoms with Gasteiger partial charge in [-0.25, -0.2) is 4.98 Å². The molecule has 0 spiro atoms. The van der Waals surface area contributed by atoms with Crippen molar-refractivity contribution in [1.82, 2.24) is 4.98 Å². The first kappa shape index (κ1) is 9.97. The van der Waals surface area contributed by atoms with Crippen LogP contribution in [0.3, 0.4) is 0 Å². The van der Waals surface area contributed by atoms with Crippen LogP contribution in [-0.2, 0) is 12.7 Å². The second-order valence-electron chi connectivity index (χ2n) is 3.02. The first-order valence-electron chi connectivity index (χ1n) is 4.17. The number of hydrogen-bond acceptors (Lipinski definition) is 3. The summed E-state index contributed by atoms with van der Waals surface area (Å²) >= 11 is 0. The summed E-state index contributed by atoms with van der Waals surface area (Å²) < 4.78 is 41.2. The van der Waals surface area contributed by atoms with Gasteiger partial charge >= 0.3 is 12.1 Å². The number of oxazole rings is 1. The van der Waals surface area contributed by atoms with Gasteiger partial charge < -0.3 is 10.2 Å². The van der Waals surface area contributed by atoms with Crippen molar-refractivity contribution < 1.29 is 17.6 Å². The minimum Gasteiger partial charge on any atom is -0.433 e. The SMILES string of the molecule is NCc1ccc2oc(C(F)(F)F)nc2c1. The van der Waals surface area contributed by atoms with Crippen molar-refractivity contribution in [3.63, 3.8) is 0 Å². The number of halogens is 3. The lowest BCUT2D eigenvalue weighted by atomic mass is 10.2. The van der Waals surface area contributed by atoms with Gasteiger partial charge in [-0.1, -0.05) is 6.07 Å². The highest BCUT2D eigenvalue weighted by Gasteiger charge is 2.37. The highest BCUT2D eigenvalue weighted by molar-refractivity contribution is 5.73. The predicted octanol–water partition coefficient (Wildman–Crippen LogP) is 2.31. The molecular formula is C9H7F3N2O. The standard InChI is InChI=1S/C9H7F3N2O/c10-9(11,12)8-14-6-3-5(4-13)1-2-7(6)15-8/h1-3H,4,13H2. The predicted molar refractivity (Wildman–Crippen MR) is 46.9 cm³/mol. The summed E-state index contributed by atoms with van der Waals surface area (Å²) in [5.74, 6) is -1.23. The molecule has 2 rings (SSSR count). The van der Waals surface area contributed by atoms with Crippen LogP contribution < -0.4 is 5.73 Å². The van der Waals surface area contributed by atoms with Crippen molar-refractivity contribution in [2.45, 2.75) is 12.7 Å². The lowest BCUT2D eigenvalue weighted by molar-refractivity contribution is -0.156. The molecule has 15 heavy (non-hydrogen) atoms. The molecule has 2 N–H and O–H groups in total. The van der Waals surface area contributed by atoms with Crippen LogP contribution in [-0.4, -0.2) is 4.98 Å². The second-order valence-corrected chi connectivity index (χ2v) is 3.02. The second kappa shape index (κ2) is 3.23. The molecule has 1 aromatic carbocycles. The molecule has 80 valence electrons. The zero-order valence-corrected chi connectivity index (χ0v) is 7.51. The molecule has 0 saturated carbocycles. The molecule has 3 nitrogen and oxygen atoms in total. The molecular weight excluding hydrogens is 209 g/mol. The fraction of sp³-hybridized carbons (Fsp3) is 0.222. The Kier molecular flexibility index (Phi) is 2.15. The normalized spacial score (nSPS) is 12.3. The van der Waals surface area contributed by atoms with E-state index >= 15 is 0 Å². The Labute approximate surface area is 82.7 Å². The average molecular weight is 216 g/mol. The summed E-state index contributed by atoms with van der Waals surface area (Å²) in [6.45, 7) is 0.254. The van der Waals surface area contributed by atoms with E-state index in [9.17, 15) is 13.2 Å². The van der Waals surface area contributed by atoms with Crippen LogP contribution in [0.1, 0.15) is 11.5 Å². The van der Waals surface area contributed by atoms with E-state index in [0.717, 1.165) is 0 Å². The molecule has 0 radical (unpaired) electrons. The molecule has 2 aromatic rings. The number of alkyl halides is 3. The van der Waals surface area contributed by atoms with Gasteiger partial charge in [0, 0.05) is 6.54 Å². The Balaban J connectivity index is 2.56. The molecule has 6 heteroatoms.